The molecule has 1 aromatic rings. The second-order valence-corrected chi connectivity index (χ2v) is 1.13. The van der Waals surface area contributed by atoms with E-state index in [1.54, 1.807) is 0 Å². The fourth-order valence-corrected chi connectivity index (χ4v) is 0.310. The smallest absolute Gasteiger partial charge is 0.433 e. The predicted molar refractivity (Wildman–Crippen MR) is 28.5 cm³/mol. The van der Waals surface area contributed by atoms with Crippen molar-refractivity contribution >= 4 is 6.09 Å². The fourth-order valence-electron chi connectivity index (χ4n) is 0.310. The first-order chi connectivity index (χ1) is 3.80. The standard InChI is InChI=1S/C3H3N3O2.H3N/c7-3(8)6-2-1-4-5-6;/h1-2H,(H,7,8);1H3. The van der Waals surface area contributed by atoms with Crippen LogP contribution in [-0.2, 0) is 0 Å². The van der Waals surface area contributed by atoms with Crippen molar-refractivity contribution in [2.75, 3.05) is 0 Å². The first kappa shape index (κ1) is 7.57. The summed E-state index contributed by atoms with van der Waals surface area (Å²) in [5, 5.41) is 14.6. The molecule has 50 valence electrons. The highest BCUT2D eigenvalue weighted by atomic mass is 16.4. The van der Waals surface area contributed by atoms with Gasteiger partial charge < -0.3 is 11.3 Å². The van der Waals surface area contributed by atoms with E-state index in [-0.39, 0.29) is 6.15 Å². The molecule has 0 unspecified atom stereocenters. The molecule has 0 aliphatic carbocycles. The minimum absolute atomic E-state index is 0. The third-order valence-electron chi connectivity index (χ3n) is 0.619. The average Bonchev–Trinajstić information content (AvgIpc) is 2.12. The van der Waals surface area contributed by atoms with Crippen molar-refractivity contribution in [3.05, 3.63) is 12.4 Å². The number of aromatic nitrogens is 3. The molecule has 0 bridgehead atoms. The second kappa shape index (κ2) is 2.78. The summed E-state index contributed by atoms with van der Waals surface area (Å²) in [5.74, 6) is 0. The summed E-state index contributed by atoms with van der Waals surface area (Å²) in [7, 11) is 0. The van der Waals surface area contributed by atoms with Crippen molar-refractivity contribution in [2.24, 2.45) is 0 Å². The minimum Gasteiger partial charge on any atom is -0.463 e. The van der Waals surface area contributed by atoms with Crippen molar-refractivity contribution in [1.82, 2.24) is 21.1 Å². The van der Waals surface area contributed by atoms with Crippen molar-refractivity contribution < 1.29 is 9.90 Å². The van der Waals surface area contributed by atoms with Crippen molar-refractivity contribution in [3.63, 3.8) is 0 Å². The Bertz CT molecular complexity index is 182. The van der Waals surface area contributed by atoms with E-state index >= 15 is 0 Å². The molecule has 1 rings (SSSR count). The van der Waals surface area contributed by atoms with Gasteiger partial charge in [-0.05, 0) is 0 Å². The second-order valence-electron chi connectivity index (χ2n) is 1.13. The summed E-state index contributed by atoms with van der Waals surface area (Å²) in [4.78, 5) is 9.92. The molecule has 6 nitrogen and oxygen atoms in total. The van der Waals surface area contributed by atoms with Gasteiger partial charge in [0.1, 0.15) is 0 Å². The molecule has 0 amide bonds. The highest BCUT2D eigenvalue weighted by Gasteiger charge is 1.96. The summed E-state index contributed by atoms with van der Waals surface area (Å²) in [6, 6.07) is 0. The number of carbonyl (C=O) groups is 1. The fraction of sp³-hybridized carbons (Fsp3) is 0. The van der Waals surface area contributed by atoms with Gasteiger partial charge in [-0.15, -0.1) is 5.10 Å². The SMILES string of the molecule is N.O=C(O)n1ccnn1. The first-order valence-electron chi connectivity index (χ1n) is 1.90. The van der Waals surface area contributed by atoms with Crippen LogP contribution in [-0.4, -0.2) is 26.2 Å². The lowest BCUT2D eigenvalue weighted by Gasteiger charge is -1.83. The molecule has 0 atom stereocenters. The summed E-state index contributed by atoms with van der Waals surface area (Å²) in [6.45, 7) is 0. The van der Waals surface area contributed by atoms with Crippen LogP contribution in [0, 0.1) is 0 Å². The molecule has 0 aliphatic heterocycles. The Morgan fingerprint density at radius 3 is 2.56 bits per heavy atom. The van der Waals surface area contributed by atoms with E-state index in [4.69, 9.17) is 5.11 Å². The molecule has 9 heavy (non-hydrogen) atoms. The summed E-state index contributed by atoms with van der Waals surface area (Å²) in [5.41, 5.74) is 0. The molecule has 1 heterocycles. The third-order valence-corrected chi connectivity index (χ3v) is 0.619. The highest BCUT2D eigenvalue weighted by molar-refractivity contribution is 5.66. The van der Waals surface area contributed by atoms with E-state index in [2.05, 4.69) is 10.3 Å². The van der Waals surface area contributed by atoms with Crippen LogP contribution in [0.5, 0.6) is 0 Å². The zero-order chi connectivity index (χ0) is 5.98. The Balaban J connectivity index is 0.000000640. The van der Waals surface area contributed by atoms with Gasteiger partial charge >= 0.3 is 6.09 Å². The molecular weight excluding hydrogens is 124 g/mol. The van der Waals surface area contributed by atoms with Crippen LogP contribution >= 0.6 is 0 Å². The molecule has 0 saturated carbocycles. The van der Waals surface area contributed by atoms with E-state index in [1.807, 2.05) is 0 Å². The van der Waals surface area contributed by atoms with Gasteiger partial charge in [0, 0.05) is 0 Å². The topological polar surface area (TPSA) is 103 Å². The maximum Gasteiger partial charge on any atom is 0.433 e. The first-order valence-corrected chi connectivity index (χ1v) is 1.90. The summed E-state index contributed by atoms with van der Waals surface area (Å²) in [6.07, 6.45) is 1.43. The van der Waals surface area contributed by atoms with Gasteiger partial charge in [0.05, 0.1) is 12.4 Å². The number of rotatable bonds is 0. The zero-order valence-corrected chi connectivity index (χ0v) is 4.56. The van der Waals surface area contributed by atoms with Crippen molar-refractivity contribution in [1.29, 1.82) is 0 Å². The maximum absolute atomic E-state index is 9.92. The van der Waals surface area contributed by atoms with Gasteiger partial charge in [-0.25, -0.2) is 4.79 Å². The van der Waals surface area contributed by atoms with Gasteiger partial charge in [-0.1, -0.05) is 5.21 Å². The molecule has 1 aromatic heterocycles. The van der Waals surface area contributed by atoms with Crippen LogP contribution in [0.1, 0.15) is 0 Å². The number of nitrogens with zero attached hydrogens (tertiary/aromatic N) is 3. The monoisotopic (exact) mass is 130 g/mol. The highest BCUT2D eigenvalue weighted by Crippen LogP contribution is 1.76. The quantitative estimate of drug-likeness (QED) is 0.513. The number of hydrogen-bond donors (Lipinski definition) is 2. The Morgan fingerprint density at radius 2 is 2.33 bits per heavy atom. The van der Waals surface area contributed by atoms with E-state index in [0.717, 1.165) is 4.68 Å². The largest absolute Gasteiger partial charge is 0.463 e. The Morgan fingerprint density at radius 1 is 1.67 bits per heavy atom. The Kier molecular flexibility index (Phi) is 2.33. The Labute approximate surface area is 50.7 Å². The normalized spacial score (nSPS) is 8.00. The number of carboxylic acid groups (broad SMARTS) is 1. The van der Waals surface area contributed by atoms with E-state index in [0.29, 0.717) is 0 Å². The van der Waals surface area contributed by atoms with Crippen LogP contribution < -0.4 is 6.15 Å². The van der Waals surface area contributed by atoms with Crippen LogP contribution in [0.3, 0.4) is 0 Å². The van der Waals surface area contributed by atoms with Gasteiger partial charge in [-0.2, -0.15) is 4.68 Å². The predicted octanol–water partition coefficient (Wildman–Crippen LogP) is -0.0338. The summed E-state index contributed by atoms with van der Waals surface area (Å²) >= 11 is 0. The lowest BCUT2D eigenvalue weighted by atomic mass is 10.9. The van der Waals surface area contributed by atoms with E-state index in [1.165, 1.54) is 12.4 Å². The van der Waals surface area contributed by atoms with Crippen molar-refractivity contribution in [3.8, 4) is 0 Å². The van der Waals surface area contributed by atoms with Crippen LogP contribution in [0.4, 0.5) is 4.79 Å². The van der Waals surface area contributed by atoms with Crippen LogP contribution in [0.2, 0.25) is 0 Å². The molecular formula is C3H6N4O2. The molecule has 0 saturated heterocycles. The molecule has 4 N–H and O–H groups in total. The molecule has 0 radical (unpaired) electrons. The molecule has 0 aliphatic rings. The molecule has 0 spiro atoms. The van der Waals surface area contributed by atoms with Crippen LogP contribution in [0.15, 0.2) is 12.4 Å². The van der Waals surface area contributed by atoms with Crippen LogP contribution in [0.25, 0.3) is 0 Å². The lowest BCUT2D eigenvalue weighted by Crippen LogP contribution is -2.07. The molecule has 6 heteroatoms. The maximum atomic E-state index is 9.92. The molecule has 0 aromatic carbocycles. The zero-order valence-electron chi connectivity index (χ0n) is 4.56. The van der Waals surface area contributed by atoms with E-state index < -0.39 is 6.09 Å². The summed E-state index contributed by atoms with van der Waals surface area (Å²) < 4.78 is 0.722. The average molecular weight is 130 g/mol. The lowest BCUT2D eigenvalue weighted by molar-refractivity contribution is 0.192. The minimum atomic E-state index is -1.12. The van der Waals surface area contributed by atoms with E-state index in [9.17, 15) is 4.79 Å². The molecule has 0 fully saturated rings. The van der Waals surface area contributed by atoms with Gasteiger partial charge in [0.25, 0.3) is 0 Å². The van der Waals surface area contributed by atoms with Gasteiger partial charge in [0.15, 0.2) is 0 Å². The third kappa shape index (κ3) is 1.50. The Hall–Kier alpha value is -1.43. The number of hydrogen-bond acceptors (Lipinski definition) is 4. The van der Waals surface area contributed by atoms with Gasteiger partial charge in [-0.3, -0.25) is 0 Å². The van der Waals surface area contributed by atoms with Crippen molar-refractivity contribution in [2.45, 2.75) is 0 Å². The van der Waals surface area contributed by atoms with Gasteiger partial charge in [0.2, 0.25) is 0 Å².